The molecule has 0 unspecified atom stereocenters. The van der Waals surface area contributed by atoms with Gasteiger partial charge in [0.15, 0.2) is 0 Å². The number of fused-ring (bicyclic) bond motifs is 1. The van der Waals surface area contributed by atoms with Crippen molar-refractivity contribution in [2.24, 2.45) is 0 Å². The highest BCUT2D eigenvalue weighted by molar-refractivity contribution is 7.89. The third kappa shape index (κ3) is 3.70. The summed E-state index contributed by atoms with van der Waals surface area (Å²) in [6.07, 6.45) is 2.00. The maximum Gasteiger partial charge on any atom is 0.243 e. The lowest BCUT2D eigenvalue weighted by atomic mass is 10.1. The summed E-state index contributed by atoms with van der Waals surface area (Å²) in [4.78, 5) is 14.3. The van der Waals surface area contributed by atoms with E-state index >= 15 is 0 Å². The van der Waals surface area contributed by atoms with E-state index in [1.807, 2.05) is 37.3 Å². The number of hydrogen-bond donors (Lipinski definition) is 0. The Morgan fingerprint density at radius 2 is 1.76 bits per heavy atom. The quantitative estimate of drug-likeness (QED) is 0.842. The van der Waals surface area contributed by atoms with Crippen molar-refractivity contribution in [2.45, 2.75) is 31.1 Å². The molecule has 0 saturated carbocycles. The molecule has 1 fully saturated rings. The highest BCUT2D eigenvalue weighted by atomic mass is 32.2. The molecule has 25 heavy (non-hydrogen) atoms. The van der Waals surface area contributed by atoms with E-state index in [0.29, 0.717) is 43.9 Å². The van der Waals surface area contributed by atoms with Crippen molar-refractivity contribution in [3.05, 3.63) is 42.5 Å². The van der Waals surface area contributed by atoms with Crippen LogP contribution in [0.25, 0.3) is 10.8 Å². The lowest BCUT2D eigenvalue weighted by molar-refractivity contribution is -0.131. The van der Waals surface area contributed by atoms with Crippen LogP contribution in [0.1, 0.15) is 26.2 Å². The zero-order valence-electron chi connectivity index (χ0n) is 14.5. The van der Waals surface area contributed by atoms with Crippen molar-refractivity contribution in [2.75, 3.05) is 26.2 Å². The van der Waals surface area contributed by atoms with Crippen molar-refractivity contribution >= 4 is 26.7 Å². The van der Waals surface area contributed by atoms with Crippen LogP contribution in [-0.4, -0.2) is 49.7 Å². The highest BCUT2D eigenvalue weighted by Crippen LogP contribution is 2.26. The van der Waals surface area contributed by atoms with Gasteiger partial charge in [-0.1, -0.05) is 43.3 Å². The monoisotopic (exact) mass is 360 g/mol. The van der Waals surface area contributed by atoms with E-state index in [0.717, 1.165) is 17.2 Å². The van der Waals surface area contributed by atoms with Crippen molar-refractivity contribution < 1.29 is 13.2 Å². The van der Waals surface area contributed by atoms with Crippen LogP contribution in [0, 0.1) is 0 Å². The largest absolute Gasteiger partial charge is 0.341 e. The number of carbonyl (C=O) groups is 1. The second-order valence-electron chi connectivity index (χ2n) is 6.37. The lowest BCUT2D eigenvalue weighted by Gasteiger charge is -2.22. The predicted molar refractivity (Wildman–Crippen MR) is 98.8 cm³/mol. The molecule has 2 aromatic carbocycles. The van der Waals surface area contributed by atoms with Crippen molar-refractivity contribution in [1.29, 1.82) is 0 Å². The van der Waals surface area contributed by atoms with Crippen LogP contribution in [0.2, 0.25) is 0 Å². The summed E-state index contributed by atoms with van der Waals surface area (Å²) in [6.45, 7) is 3.86. The highest BCUT2D eigenvalue weighted by Gasteiger charge is 2.29. The first-order valence-corrected chi connectivity index (χ1v) is 10.2. The second kappa shape index (κ2) is 7.54. The summed E-state index contributed by atoms with van der Waals surface area (Å²) >= 11 is 0. The minimum absolute atomic E-state index is 0.118. The van der Waals surface area contributed by atoms with E-state index in [2.05, 4.69) is 0 Å². The van der Waals surface area contributed by atoms with Gasteiger partial charge in [-0.25, -0.2) is 8.42 Å². The van der Waals surface area contributed by atoms with Gasteiger partial charge in [-0.2, -0.15) is 4.31 Å². The van der Waals surface area contributed by atoms with Crippen LogP contribution in [-0.2, 0) is 14.8 Å². The molecule has 1 amide bonds. The van der Waals surface area contributed by atoms with E-state index < -0.39 is 10.0 Å². The van der Waals surface area contributed by atoms with Crippen LogP contribution < -0.4 is 0 Å². The topological polar surface area (TPSA) is 57.7 Å². The number of hydrogen-bond acceptors (Lipinski definition) is 3. The van der Waals surface area contributed by atoms with E-state index in [1.165, 1.54) is 4.31 Å². The minimum atomic E-state index is -3.58. The van der Waals surface area contributed by atoms with Crippen LogP contribution in [0.4, 0.5) is 0 Å². The maximum absolute atomic E-state index is 13.2. The lowest BCUT2D eigenvalue weighted by Crippen LogP contribution is -2.37. The third-order valence-corrected chi connectivity index (χ3v) is 6.60. The molecule has 0 aliphatic carbocycles. The van der Waals surface area contributed by atoms with Crippen LogP contribution >= 0.6 is 0 Å². The fourth-order valence-electron chi connectivity index (χ4n) is 3.32. The summed E-state index contributed by atoms with van der Waals surface area (Å²) in [7, 11) is -3.58. The molecule has 0 atom stereocenters. The van der Waals surface area contributed by atoms with Gasteiger partial charge in [0.25, 0.3) is 0 Å². The zero-order valence-corrected chi connectivity index (χ0v) is 15.3. The number of amides is 1. The summed E-state index contributed by atoms with van der Waals surface area (Å²) in [6, 6.07) is 12.9. The summed E-state index contributed by atoms with van der Waals surface area (Å²) in [5.41, 5.74) is 0. The van der Waals surface area contributed by atoms with Gasteiger partial charge in [-0.05, 0) is 24.3 Å². The molecule has 0 aromatic heterocycles. The van der Waals surface area contributed by atoms with Gasteiger partial charge in [0.05, 0.1) is 4.90 Å². The molecular formula is C19H24N2O3S. The van der Waals surface area contributed by atoms with Crippen LogP contribution in [0.5, 0.6) is 0 Å². The zero-order chi connectivity index (χ0) is 17.9. The van der Waals surface area contributed by atoms with E-state index in [9.17, 15) is 13.2 Å². The van der Waals surface area contributed by atoms with Gasteiger partial charge in [0.2, 0.25) is 15.9 Å². The first-order valence-electron chi connectivity index (χ1n) is 8.79. The Balaban J connectivity index is 1.86. The van der Waals surface area contributed by atoms with Gasteiger partial charge in [0.1, 0.15) is 0 Å². The SMILES string of the molecule is CCCC(=O)N1CCCN(S(=O)(=O)c2cccc3ccccc23)CC1. The summed E-state index contributed by atoms with van der Waals surface area (Å²) < 4.78 is 27.9. The smallest absolute Gasteiger partial charge is 0.243 e. The molecule has 2 aromatic rings. The Bertz CT molecular complexity index is 859. The van der Waals surface area contributed by atoms with Crippen molar-refractivity contribution in [3.63, 3.8) is 0 Å². The molecule has 6 heteroatoms. The first kappa shape index (κ1) is 17.9. The minimum Gasteiger partial charge on any atom is -0.341 e. The number of benzene rings is 2. The van der Waals surface area contributed by atoms with E-state index in [-0.39, 0.29) is 5.91 Å². The summed E-state index contributed by atoms with van der Waals surface area (Å²) in [5, 5.41) is 1.66. The molecule has 1 aliphatic rings. The fourth-order valence-corrected chi connectivity index (χ4v) is 5.00. The van der Waals surface area contributed by atoms with Crippen LogP contribution in [0.3, 0.4) is 0 Å². The Morgan fingerprint density at radius 3 is 2.56 bits per heavy atom. The van der Waals surface area contributed by atoms with Gasteiger partial charge in [0, 0.05) is 38.0 Å². The Kier molecular flexibility index (Phi) is 5.39. The number of rotatable bonds is 4. The average molecular weight is 360 g/mol. The molecule has 0 bridgehead atoms. The first-order chi connectivity index (χ1) is 12.0. The number of sulfonamides is 1. The Hall–Kier alpha value is -1.92. The average Bonchev–Trinajstić information content (AvgIpc) is 2.88. The van der Waals surface area contributed by atoms with Crippen molar-refractivity contribution in [1.82, 2.24) is 9.21 Å². The molecule has 134 valence electrons. The second-order valence-corrected chi connectivity index (χ2v) is 8.27. The van der Waals surface area contributed by atoms with Gasteiger partial charge >= 0.3 is 0 Å². The number of carbonyl (C=O) groups excluding carboxylic acids is 1. The Morgan fingerprint density at radius 1 is 1.00 bits per heavy atom. The van der Waals surface area contributed by atoms with Gasteiger partial charge < -0.3 is 4.90 Å². The van der Waals surface area contributed by atoms with E-state index in [4.69, 9.17) is 0 Å². The maximum atomic E-state index is 13.2. The van der Waals surface area contributed by atoms with E-state index in [1.54, 1.807) is 17.0 Å². The molecule has 0 N–H and O–H groups in total. The van der Waals surface area contributed by atoms with Gasteiger partial charge in [-0.3, -0.25) is 4.79 Å². The molecule has 1 saturated heterocycles. The van der Waals surface area contributed by atoms with Crippen molar-refractivity contribution in [3.8, 4) is 0 Å². The fraction of sp³-hybridized carbons (Fsp3) is 0.421. The number of nitrogens with zero attached hydrogens (tertiary/aromatic N) is 2. The van der Waals surface area contributed by atoms with Crippen LogP contribution in [0.15, 0.2) is 47.4 Å². The molecular weight excluding hydrogens is 336 g/mol. The van der Waals surface area contributed by atoms with Gasteiger partial charge in [-0.15, -0.1) is 0 Å². The standard InChI is InChI=1S/C19H24N2O3S/c1-2-7-19(22)20-12-6-13-21(15-14-20)25(23,24)18-11-5-9-16-8-3-4-10-17(16)18/h3-5,8-11H,2,6-7,12-15H2,1H3. The summed E-state index contributed by atoms with van der Waals surface area (Å²) in [5.74, 6) is 0.118. The third-order valence-electron chi connectivity index (χ3n) is 4.64. The molecule has 0 spiro atoms. The normalized spacial score (nSPS) is 16.8. The molecule has 1 aliphatic heterocycles. The molecule has 0 radical (unpaired) electrons. The molecule has 1 heterocycles. The predicted octanol–water partition coefficient (Wildman–Crippen LogP) is 2.86. The Labute approximate surface area is 149 Å². The molecule has 5 nitrogen and oxygen atoms in total. The molecule has 3 rings (SSSR count).